The lowest BCUT2D eigenvalue weighted by Crippen LogP contribution is -2.59. The van der Waals surface area contributed by atoms with E-state index >= 15 is 0 Å². The van der Waals surface area contributed by atoms with Crippen LogP contribution in [0.15, 0.2) is 42.5 Å². The molecule has 0 saturated carbocycles. The Hall–Kier alpha value is -2.97. The monoisotopic (exact) mass is 535 g/mol. The van der Waals surface area contributed by atoms with Gasteiger partial charge in [0.2, 0.25) is 11.8 Å². The highest BCUT2D eigenvalue weighted by atomic mass is 16.5. The first-order valence-electron chi connectivity index (χ1n) is 14.3. The summed E-state index contributed by atoms with van der Waals surface area (Å²) in [6.45, 7) is 11.1. The Bertz CT molecular complexity index is 1210. The molecular weight excluding hydrogens is 494 g/mol. The highest BCUT2D eigenvalue weighted by Crippen LogP contribution is 2.54. The number of aliphatic hydroxyl groups excluding tert-OH is 1. The molecule has 4 aliphatic heterocycles. The van der Waals surface area contributed by atoms with Gasteiger partial charge in [0, 0.05) is 25.3 Å². The molecule has 0 aromatic heterocycles. The average molecular weight is 536 g/mol. The van der Waals surface area contributed by atoms with Crippen LogP contribution in [0.5, 0.6) is 0 Å². The van der Waals surface area contributed by atoms with Crippen LogP contribution < -0.4 is 4.90 Å². The van der Waals surface area contributed by atoms with E-state index in [1.165, 1.54) is 0 Å². The maximum absolute atomic E-state index is 14.7. The molecule has 1 spiro atoms. The summed E-state index contributed by atoms with van der Waals surface area (Å²) in [7, 11) is 0. The molecule has 8 nitrogen and oxygen atoms in total. The Morgan fingerprint density at radius 1 is 1.08 bits per heavy atom. The van der Waals surface area contributed by atoms with Gasteiger partial charge in [-0.3, -0.25) is 14.4 Å². The van der Waals surface area contributed by atoms with Gasteiger partial charge in [0.15, 0.2) is 0 Å². The fraction of sp³-hybridized carbons (Fsp3) is 0.581. The van der Waals surface area contributed by atoms with Crippen molar-refractivity contribution in [2.24, 2.45) is 17.8 Å². The molecule has 3 amide bonds. The highest BCUT2D eigenvalue weighted by molar-refractivity contribution is 6.06. The summed E-state index contributed by atoms with van der Waals surface area (Å²) in [5.74, 6) is -2.27. The molecule has 7 atom stereocenters. The van der Waals surface area contributed by atoms with Crippen LogP contribution in [0.3, 0.4) is 0 Å². The number of hydrogen-bond donors (Lipinski definition) is 1. The molecule has 0 bridgehead atoms. The van der Waals surface area contributed by atoms with E-state index in [1.807, 2.05) is 77.1 Å². The predicted octanol–water partition coefficient (Wildman–Crippen LogP) is 3.00. The maximum atomic E-state index is 14.7. The van der Waals surface area contributed by atoms with Gasteiger partial charge in [-0.15, -0.1) is 0 Å². The van der Waals surface area contributed by atoms with Crippen LogP contribution in [0.2, 0.25) is 0 Å². The topological polar surface area (TPSA) is 90.4 Å². The van der Waals surface area contributed by atoms with Crippen molar-refractivity contribution in [1.82, 2.24) is 9.80 Å². The number of ether oxygens (including phenoxy) is 1. The van der Waals surface area contributed by atoms with Gasteiger partial charge in [0.05, 0.1) is 30.6 Å². The van der Waals surface area contributed by atoms with E-state index in [0.29, 0.717) is 19.6 Å². The van der Waals surface area contributed by atoms with Crippen molar-refractivity contribution in [2.75, 3.05) is 31.1 Å². The molecule has 4 heterocycles. The Balaban J connectivity index is 1.67. The second-order valence-electron chi connectivity index (χ2n) is 11.6. The summed E-state index contributed by atoms with van der Waals surface area (Å²) in [6.07, 6.45) is 8.54. The Morgan fingerprint density at radius 2 is 1.85 bits per heavy atom. The van der Waals surface area contributed by atoms with Crippen molar-refractivity contribution >= 4 is 23.4 Å². The van der Waals surface area contributed by atoms with E-state index in [9.17, 15) is 19.5 Å². The van der Waals surface area contributed by atoms with Gasteiger partial charge in [-0.2, -0.15) is 0 Å². The van der Waals surface area contributed by atoms with Crippen LogP contribution in [0.4, 0.5) is 5.69 Å². The van der Waals surface area contributed by atoms with Crippen LogP contribution in [-0.4, -0.2) is 82.7 Å². The zero-order valence-corrected chi connectivity index (χ0v) is 23.7. The number of anilines is 1. The summed E-state index contributed by atoms with van der Waals surface area (Å²) < 4.78 is 6.74. The molecule has 2 fully saturated rings. The Morgan fingerprint density at radius 3 is 2.54 bits per heavy atom. The van der Waals surface area contributed by atoms with Gasteiger partial charge in [0.25, 0.3) is 5.91 Å². The van der Waals surface area contributed by atoms with Gasteiger partial charge in [-0.25, -0.2) is 0 Å². The molecule has 2 saturated heterocycles. The lowest BCUT2D eigenvalue weighted by Gasteiger charge is -2.40. The van der Waals surface area contributed by atoms with E-state index in [2.05, 4.69) is 0 Å². The van der Waals surface area contributed by atoms with Gasteiger partial charge >= 0.3 is 0 Å². The second-order valence-corrected chi connectivity index (χ2v) is 11.6. The molecule has 210 valence electrons. The van der Waals surface area contributed by atoms with Crippen molar-refractivity contribution in [3.05, 3.63) is 53.6 Å². The molecule has 0 radical (unpaired) electrons. The molecule has 0 aliphatic carbocycles. The number of likely N-dealkylation sites (tertiary alicyclic amines) is 1. The average Bonchev–Trinajstić information content (AvgIpc) is 3.24. The number of hydrogen-bond acceptors (Lipinski definition) is 5. The number of benzene rings is 1. The quantitative estimate of drug-likeness (QED) is 0.542. The number of rotatable bonds is 7. The van der Waals surface area contributed by atoms with Gasteiger partial charge < -0.3 is 24.5 Å². The minimum atomic E-state index is -1.30. The molecule has 5 rings (SSSR count). The number of fused-ring (bicyclic) bond motifs is 2. The van der Waals surface area contributed by atoms with Gasteiger partial charge in [-0.1, -0.05) is 63.6 Å². The van der Waals surface area contributed by atoms with E-state index in [4.69, 9.17) is 4.74 Å². The van der Waals surface area contributed by atoms with Crippen molar-refractivity contribution in [3.8, 4) is 0 Å². The molecule has 1 aromatic rings. The van der Waals surface area contributed by atoms with Crippen LogP contribution >= 0.6 is 0 Å². The fourth-order valence-corrected chi connectivity index (χ4v) is 7.00. The molecule has 8 heteroatoms. The van der Waals surface area contributed by atoms with Crippen molar-refractivity contribution in [3.63, 3.8) is 0 Å². The lowest BCUT2D eigenvalue weighted by molar-refractivity contribution is -0.148. The van der Waals surface area contributed by atoms with Crippen LogP contribution in [0, 0.1) is 31.6 Å². The lowest BCUT2D eigenvalue weighted by atomic mass is 9.77. The van der Waals surface area contributed by atoms with E-state index in [0.717, 1.165) is 29.7 Å². The molecular formula is C31H41N3O5. The molecule has 4 aliphatic rings. The third-order valence-corrected chi connectivity index (χ3v) is 9.17. The normalized spacial score (nSPS) is 31.6. The van der Waals surface area contributed by atoms with Gasteiger partial charge in [-0.05, 0) is 43.4 Å². The van der Waals surface area contributed by atoms with Crippen LogP contribution in [0.25, 0.3) is 0 Å². The van der Waals surface area contributed by atoms with Crippen molar-refractivity contribution in [1.29, 1.82) is 0 Å². The van der Waals surface area contributed by atoms with E-state index in [1.54, 1.807) is 14.7 Å². The van der Waals surface area contributed by atoms with Gasteiger partial charge in [0.1, 0.15) is 11.6 Å². The zero-order chi connectivity index (χ0) is 28.1. The van der Waals surface area contributed by atoms with E-state index < -0.39 is 35.6 Å². The second kappa shape index (κ2) is 10.5. The summed E-state index contributed by atoms with van der Waals surface area (Å²) in [6, 6.07) is 4.43. The minimum Gasteiger partial charge on any atom is -0.394 e. The van der Waals surface area contributed by atoms with Crippen molar-refractivity contribution < 1.29 is 24.2 Å². The summed E-state index contributed by atoms with van der Waals surface area (Å²) in [5, 5.41) is 10.6. The fourth-order valence-electron chi connectivity index (χ4n) is 7.00. The molecule has 1 aromatic carbocycles. The largest absolute Gasteiger partial charge is 0.394 e. The zero-order valence-electron chi connectivity index (χ0n) is 23.7. The SMILES string of the molecule is CCCN1CC=C[C@@H]2O[C@]34C=CCN(c5cc(C)ccc5C)C(=O)C3N([C@@H](CO)[C@@H](C)CC)C(=O)[C@@H]4[C@@H]2C1=O. The summed E-state index contributed by atoms with van der Waals surface area (Å²) >= 11 is 0. The van der Waals surface area contributed by atoms with Crippen LogP contribution in [-0.2, 0) is 19.1 Å². The first-order chi connectivity index (χ1) is 18.7. The number of carbonyl (C=O) groups excluding carboxylic acids is 3. The third kappa shape index (κ3) is 4.23. The Labute approximate surface area is 231 Å². The predicted molar refractivity (Wildman–Crippen MR) is 149 cm³/mol. The number of nitrogens with zero attached hydrogens (tertiary/aromatic N) is 3. The summed E-state index contributed by atoms with van der Waals surface area (Å²) in [4.78, 5) is 48.2. The highest BCUT2D eigenvalue weighted by Gasteiger charge is 2.72. The van der Waals surface area contributed by atoms with Crippen LogP contribution in [0.1, 0.15) is 44.7 Å². The first kappa shape index (κ1) is 27.6. The standard InChI is InChI=1S/C31H41N3O5/c1-6-14-32-15-8-10-24-25(28(32)36)26-29(37)34(23(18-35)20(4)7-2)27-30(38)33(16-9-13-31(26,27)39-24)22-17-19(3)11-12-21(22)5/h8-13,17,20,23-27,35H,6-7,14-16,18H2,1-5H3/t20-,23-,24-,25+,26-,27?,31-/m0/s1. The van der Waals surface area contributed by atoms with Crippen molar-refractivity contribution in [2.45, 2.75) is 71.2 Å². The molecule has 39 heavy (non-hydrogen) atoms. The summed E-state index contributed by atoms with van der Waals surface area (Å²) in [5.41, 5.74) is 1.48. The number of carbonyl (C=O) groups is 3. The number of amides is 3. The minimum absolute atomic E-state index is 0.0545. The Kier molecular flexibility index (Phi) is 7.46. The number of aliphatic hydroxyl groups is 1. The maximum Gasteiger partial charge on any atom is 0.253 e. The third-order valence-electron chi connectivity index (χ3n) is 9.17. The smallest absolute Gasteiger partial charge is 0.253 e. The first-order valence-corrected chi connectivity index (χ1v) is 14.3. The van der Waals surface area contributed by atoms with E-state index in [-0.39, 0.29) is 30.2 Å². The molecule has 1 N–H and O–H groups in total. The molecule has 1 unspecified atom stereocenters. The number of aryl methyl sites for hydroxylation is 2.